The van der Waals surface area contributed by atoms with Gasteiger partial charge >= 0.3 is 0 Å². The molecule has 0 amide bonds. The van der Waals surface area contributed by atoms with E-state index in [1.807, 2.05) is 6.92 Å². The molecule has 2 aromatic rings. The van der Waals surface area contributed by atoms with Gasteiger partial charge in [0.05, 0.1) is 0 Å². The second-order valence-corrected chi connectivity index (χ2v) is 5.39. The maximum atomic E-state index is 5.00. The fraction of sp³-hybridized carbons (Fsp3) is 0.529. The highest BCUT2D eigenvalue weighted by Crippen LogP contribution is 2.19. The number of nitrogens with zero attached hydrogens (tertiary/aromatic N) is 2. The third-order valence-electron chi connectivity index (χ3n) is 3.61. The average molecular weight is 287 g/mol. The van der Waals surface area contributed by atoms with Crippen molar-refractivity contribution in [3.8, 4) is 0 Å². The molecule has 1 N–H and O–H groups in total. The molecule has 21 heavy (non-hydrogen) atoms. The van der Waals surface area contributed by atoms with Gasteiger partial charge in [-0.25, -0.2) is 0 Å². The molecule has 1 atom stereocenters. The molecular formula is C17H25N3O. The molecule has 2 rings (SSSR count). The number of nitrogens with one attached hydrogen (secondary N) is 1. The van der Waals surface area contributed by atoms with E-state index in [0.29, 0.717) is 11.9 Å². The van der Waals surface area contributed by atoms with Crippen molar-refractivity contribution in [1.82, 2.24) is 15.5 Å². The van der Waals surface area contributed by atoms with Gasteiger partial charge in [-0.3, -0.25) is 0 Å². The summed E-state index contributed by atoms with van der Waals surface area (Å²) in [7, 11) is 0. The van der Waals surface area contributed by atoms with Crippen molar-refractivity contribution in [3.05, 3.63) is 47.6 Å². The lowest BCUT2D eigenvalue weighted by atomic mass is 10.0. The van der Waals surface area contributed by atoms with E-state index in [9.17, 15) is 0 Å². The average Bonchev–Trinajstić information content (AvgIpc) is 2.92. The van der Waals surface area contributed by atoms with E-state index >= 15 is 0 Å². The standard InChI is InChI=1S/C17H25N3O/c1-3-4-6-11-16(15-9-7-5-8-10-15)18-13-12-17-19-14(2)21-20-17/h5,7-10,16,18H,3-4,6,11-13H2,1-2H3. The molecule has 0 fully saturated rings. The number of hydrogen-bond acceptors (Lipinski definition) is 4. The van der Waals surface area contributed by atoms with Gasteiger partial charge in [-0.15, -0.1) is 0 Å². The summed E-state index contributed by atoms with van der Waals surface area (Å²) in [5.41, 5.74) is 1.36. The molecule has 4 nitrogen and oxygen atoms in total. The van der Waals surface area contributed by atoms with Crippen LogP contribution in [0.2, 0.25) is 0 Å². The van der Waals surface area contributed by atoms with Crippen LogP contribution in [-0.2, 0) is 6.42 Å². The third-order valence-corrected chi connectivity index (χ3v) is 3.61. The highest BCUT2D eigenvalue weighted by atomic mass is 16.5. The van der Waals surface area contributed by atoms with Crippen molar-refractivity contribution < 1.29 is 4.52 Å². The molecule has 0 aliphatic carbocycles. The number of benzene rings is 1. The Morgan fingerprint density at radius 3 is 2.67 bits per heavy atom. The first-order valence-corrected chi connectivity index (χ1v) is 7.87. The Morgan fingerprint density at radius 1 is 1.19 bits per heavy atom. The van der Waals surface area contributed by atoms with Gasteiger partial charge in [0.2, 0.25) is 5.89 Å². The van der Waals surface area contributed by atoms with Gasteiger partial charge in [0.25, 0.3) is 0 Å². The lowest BCUT2D eigenvalue weighted by Gasteiger charge is -2.19. The van der Waals surface area contributed by atoms with Crippen molar-refractivity contribution in [2.75, 3.05) is 6.54 Å². The third kappa shape index (κ3) is 5.31. The first-order chi connectivity index (χ1) is 10.3. The normalized spacial score (nSPS) is 12.5. The summed E-state index contributed by atoms with van der Waals surface area (Å²) in [6.07, 6.45) is 5.76. The molecular weight excluding hydrogens is 262 g/mol. The zero-order valence-electron chi connectivity index (χ0n) is 13.0. The highest BCUT2D eigenvalue weighted by molar-refractivity contribution is 5.18. The molecule has 1 unspecified atom stereocenters. The molecule has 0 aliphatic heterocycles. The second-order valence-electron chi connectivity index (χ2n) is 5.39. The van der Waals surface area contributed by atoms with Crippen LogP contribution in [0, 0.1) is 6.92 Å². The van der Waals surface area contributed by atoms with Crippen LogP contribution in [-0.4, -0.2) is 16.7 Å². The summed E-state index contributed by atoms with van der Waals surface area (Å²) in [5, 5.41) is 7.57. The highest BCUT2D eigenvalue weighted by Gasteiger charge is 2.11. The molecule has 0 aliphatic rings. The van der Waals surface area contributed by atoms with Gasteiger partial charge in [0.15, 0.2) is 5.82 Å². The van der Waals surface area contributed by atoms with Crippen molar-refractivity contribution in [1.29, 1.82) is 0 Å². The zero-order chi connectivity index (χ0) is 14.9. The Labute approximate surface area is 127 Å². The monoisotopic (exact) mass is 287 g/mol. The topological polar surface area (TPSA) is 51.0 Å². The van der Waals surface area contributed by atoms with Crippen LogP contribution < -0.4 is 5.32 Å². The molecule has 0 saturated carbocycles. The number of rotatable bonds is 9. The summed E-state index contributed by atoms with van der Waals surface area (Å²) in [6, 6.07) is 11.1. The minimum absolute atomic E-state index is 0.408. The Kier molecular flexibility index (Phi) is 6.41. The van der Waals surface area contributed by atoms with E-state index in [4.69, 9.17) is 4.52 Å². The molecule has 1 heterocycles. The fourth-order valence-corrected chi connectivity index (χ4v) is 2.47. The maximum Gasteiger partial charge on any atom is 0.223 e. The summed E-state index contributed by atoms with van der Waals surface area (Å²) >= 11 is 0. The predicted octanol–water partition coefficient (Wildman–Crippen LogP) is 3.83. The van der Waals surface area contributed by atoms with Gasteiger partial charge < -0.3 is 9.84 Å². The minimum atomic E-state index is 0.408. The second kappa shape index (κ2) is 8.57. The van der Waals surface area contributed by atoms with Crippen LogP contribution in [0.5, 0.6) is 0 Å². The van der Waals surface area contributed by atoms with Crippen molar-refractivity contribution in [2.45, 2.75) is 52.0 Å². The molecule has 114 valence electrons. The number of aromatic nitrogens is 2. The largest absolute Gasteiger partial charge is 0.340 e. The fourth-order valence-electron chi connectivity index (χ4n) is 2.47. The molecule has 4 heteroatoms. The summed E-state index contributed by atoms with van der Waals surface area (Å²) < 4.78 is 5.00. The number of hydrogen-bond donors (Lipinski definition) is 1. The lowest BCUT2D eigenvalue weighted by Crippen LogP contribution is -2.24. The maximum absolute atomic E-state index is 5.00. The van der Waals surface area contributed by atoms with Gasteiger partial charge in [-0.05, 0) is 12.0 Å². The summed E-state index contributed by atoms with van der Waals surface area (Å²) in [4.78, 5) is 4.24. The molecule has 0 radical (unpaired) electrons. The molecule has 0 saturated heterocycles. The predicted molar refractivity (Wildman–Crippen MR) is 84.1 cm³/mol. The minimum Gasteiger partial charge on any atom is -0.340 e. The Bertz CT molecular complexity index is 510. The van der Waals surface area contributed by atoms with E-state index in [1.165, 1.54) is 31.2 Å². The summed E-state index contributed by atoms with van der Waals surface area (Å²) in [5.74, 6) is 1.41. The van der Waals surface area contributed by atoms with Gasteiger partial charge in [-0.1, -0.05) is 61.7 Å². The lowest BCUT2D eigenvalue weighted by molar-refractivity contribution is 0.385. The molecule has 0 bridgehead atoms. The molecule has 1 aromatic heterocycles. The zero-order valence-corrected chi connectivity index (χ0v) is 13.0. The van der Waals surface area contributed by atoms with E-state index in [0.717, 1.165) is 18.8 Å². The van der Waals surface area contributed by atoms with Crippen molar-refractivity contribution in [3.63, 3.8) is 0 Å². The van der Waals surface area contributed by atoms with E-state index in [1.54, 1.807) is 0 Å². The van der Waals surface area contributed by atoms with Crippen LogP contribution in [0.15, 0.2) is 34.9 Å². The Balaban J connectivity index is 1.86. The van der Waals surface area contributed by atoms with Gasteiger partial charge in [0, 0.05) is 25.9 Å². The number of unbranched alkanes of at least 4 members (excludes halogenated alkanes) is 2. The molecule has 0 spiro atoms. The van der Waals surface area contributed by atoms with Crippen LogP contribution in [0.25, 0.3) is 0 Å². The quantitative estimate of drug-likeness (QED) is 0.712. The van der Waals surface area contributed by atoms with Crippen LogP contribution >= 0.6 is 0 Å². The number of aryl methyl sites for hydroxylation is 1. The Morgan fingerprint density at radius 2 is 2.00 bits per heavy atom. The summed E-state index contributed by atoms with van der Waals surface area (Å²) in [6.45, 7) is 4.93. The van der Waals surface area contributed by atoms with Crippen LogP contribution in [0.1, 0.15) is 55.9 Å². The van der Waals surface area contributed by atoms with Gasteiger partial charge in [0.1, 0.15) is 0 Å². The molecule has 1 aromatic carbocycles. The van der Waals surface area contributed by atoms with Crippen molar-refractivity contribution >= 4 is 0 Å². The van der Waals surface area contributed by atoms with Crippen LogP contribution in [0.4, 0.5) is 0 Å². The smallest absolute Gasteiger partial charge is 0.223 e. The SMILES string of the molecule is CCCCCC(NCCc1noc(C)n1)c1ccccc1. The first-order valence-electron chi connectivity index (χ1n) is 7.87. The van der Waals surface area contributed by atoms with Gasteiger partial charge in [-0.2, -0.15) is 4.98 Å². The van der Waals surface area contributed by atoms with E-state index < -0.39 is 0 Å². The van der Waals surface area contributed by atoms with E-state index in [-0.39, 0.29) is 0 Å². The van der Waals surface area contributed by atoms with Crippen molar-refractivity contribution in [2.24, 2.45) is 0 Å². The first kappa shape index (κ1) is 15.7. The van der Waals surface area contributed by atoms with E-state index in [2.05, 4.69) is 52.7 Å². The Hall–Kier alpha value is -1.68. The van der Waals surface area contributed by atoms with Crippen LogP contribution in [0.3, 0.4) is 0 Å².